The largest absolute Gasteiger partial charge is 0.492 e. The van der Waals surface area contributed by atoms with E-state index in [1.807, 2.05) is 12.1 Å². The molecule has 38 heavy (non-hydrogen) atoms. The van der Waals surface area contributed by atoms with Crippen molar-refractivity contribution in [3.8, 4) is 16.9 Å². The van der Waals surface area contributed by atoms with E-state index in [2.05, 4.69) is 49.9 Å². The van der Waals surface area contributed by atoms with Crippen LogP contribution in [0.1, 0.15) is 95.5 Å². The summed E-state index contributed by atoms with van der Waals surface area (Å²) in [6.07, 6.45) is 18.6. The number of ether oxygens (including phenoxy) is 1. The van der Waals surface area contributed by atoms with Gasteiger partial charge in [-0.15, -0.1) is 0 Å². The Bertz CT molecular complexity index is 980. The summed E-state index contributed by atoms with van der Waals surface area (Å²) >= 11 is 0. The molecule has 0 radical (unpaired) electrons. The second-order valence-electron chi connectivity index (χ2n) is 11.8. The van der Waals surface area contributed by atoms with Crippen molar-refractivity contribution in [2.45, 2.75) is 89.9 Å². The zero-order chi connectivity index (χ0) is 26.7. The Kier molecular flexibility index (Phi) is 10.9. The maximum atomic E-state index is 11.6. The number of nitrogens with zero attached hydrogens (tertiary/aromatic N) is 1. The average molecular weight is 516 g/mol. The second kappa shape index (κ2) is 14.6. The minimum atomic E-state index is -0.0872. The first-order valence-electron chi connectivity index (χ1n) is 15.3. The summed E-state index contributed by atoms with van der Waals surface area (Å²) in [6, 6.07) is 17.5. The number of carbonyl (C=O) groups excluding carboxylic acids is 1. The molecule has 4 rings (SSSR count). The van der Waals surface area contributed by atoms with Crippen LogP contribution in [-0.2, 0) is 4.79 Å². The Balaban J connectivity index is 1.20. The quantitative estimate of drug-likeness (QED) is 0.208. The molecule has 206 valence electrons. The lowest BCUT2D eigenvalue weighted by Gasteiger charge is -2.38. The molecule has 0 aromatic heterocycles. The highest BCUT2D eigenvalue weighted by molar-refractivity contribution is 5.86. The number of likely N-dealkylation sites (N-methyl/N-ethyl adjacent to an activating group) is 1. The molecule has 2 aliphatic carbocycles. The number of hydrogen-bond acceptors (Lipinski definition) is 2. The van der Waals surface area contributed by atoms with Crippen LogP contribution in [0.5, 0.6) is 5.75 Å². The van der Waals surface area contributed by atoms with E-state index in [0.717, 1.165) is 29.4 Å². The van der Waals surface area contributed by atoms with Gasteiger partial charge in [-0.05, 0) is 97.1 Å². The van der Waals surface area contributed by atoms with E-state index in [9.17, 15) is 4.79 Å². The van der Waals surface area contributed by atoms with Gasteiger partial charge in [0.05, 0.1) is 6.54 Å². The average Bonchev–Trinajstić information content (AvgIpc) is 2.98. The SMILES string of the molecule is C=CC(=O)N(C)CCOc1ccc(-c2ccc(C3CCC(C4CCC(CCCCC)CC4)CC3)cc2)cc1. The van der Waals surface area contributed by atoms with E-state index in [1.165, 1.54) is 99.8 Å². The van der Waals surface area contributed by atoms with Crippen LogP contribution >= 0.6 is 0 Å². The first-order valence-corrected chi connectivity index (χ1v) is 15.3. The number of carbonyl (C=O) groups is 1. The van der Waals surface area contributed by atoms with Crippen LogP contribution < -0.4 is 4.74 Å². The van der Waals surface area contributed by atoms with Crippen molar-refractivity contribution in [3.63, 3.8) is 0 Å². The summed E-state index contributed by atoms with van der Waals surface area (Å²) in [6.45, 7) is 6.84. The highest BCUT2D eigenvalue weighted by atomic mass is 16.5. The van der Waals surface area contributed by atoms with Crippen molar-refractivity contribution < 1.29 is 9.53 Å². The molecule has 0 saturated heterocycles. The Hall–Kier alpha value is -2.55. The number of unbranched alkanes of at least 4 members (excludes halogenated alkanes) is 2. The Morgan fingerprint density at radius 2 is 1.45 bits per heavy atom. The van der Waals surface area contributed by atoms with Gasteiger partial charge < -0.3 is 9.64 Å². The number of rotatable bonds is 12. The van der Waals surface area contributed by atoms with Gasteiger partial charge in [0.15, 0.2) is 0 Å². The summed E-state index contributed by atoms with van der Waals surface area (Å²) in [7, 11) is 1.76. The van der Waals surface area contributed by atoms with Crippen molar-refractivity contribution in [2.24, 2.45) is 17.8 Å². The number of hydrogen-bond donors (Lipinski definition) is 0. The van der Waals surface area contributed by atoms with Crippen LogP contribution in [0.2, 0.25) is 0 Å². The molecule has 2 aromatic carbocycles. The fraction of sp³-hybridized carbons (Fsp3) is 0.571. The summed E-state index contributed by atoms with van der Waals surface area (Å²) in [5.74, 6) is 4.47. The van der Waals surface area contributed by atoms with Crippen LogP contribution in [0.4, 0.5) is 0 Å². The predicted octanol–water partition coefficient (Wildman–Crippen LogP) is 9.04. The molecular formula is C35H49NO2. The lowest BCUT2D eigenvalue weighted by atomic mass is 9.68. The molecule has 0 bridgehead atoms. The topological polar surface area (TPSA) is 29.5 Å². The summed E-state index contributed by atoms with van der Waals surface area (Å²) in [4.78, 5) is 13.2. The maximum Gasteiger partial charge on any atom is 0.245 e. The first kappa shape index (κ1) is 28.5. The van der Waals surface area contributed by atoms with Gasteiger partial charge in [0.1, 0.15) is 12.4 Å². The molecule has 3 heteroatoms. The van der Waals surface area contributed by atoms with Gasteiger partial charge >= 0.3 is 0 Å². The maximum absolute atomic E-state index is 11.6. The fourth-order valence-corrected chi connectivity index (χ4v) is 6.81. The lowest BCUT2D eigenvalue weighted by Crippen LogP contribution is -2.29. The zero-order valence-electron chi connectivity index (χ0n) is 23.9. The van der Waals surface area contributed by atoms with Gasteiger partial charge in [0.2, 0.25) is 5.91 Å². The molecule has 0 spiro atoms. The minimum Gasteiger partial charge on any atom is -0.492 e. The molecule has 1 amide bonds. The summed E-state index contributed by atoms with van der Waals surface area (Å²) in [5.41, 5.74) is 3.97. The highest BCUT2D eigenvalue weighted by Crippen LogP contribution is 2.44. The third-order valence-electron chi connectivity index (χ3n) is 9.36. The predicted molar refractivity (Wildman–Crippen MR) is 159 cm³/mol. The van der Waals surface area contributed by atoms with Crippen LogP contribution in [-0.4, -0.2) is 31.0 Å². The van der Waals surface area contributed by atoms with Crippen molar-refractivity contribution in [2.75, 3.05) is 20.2 Å². The first-order chi connectivity index (χ1) is 18.6. The summed E-state index contributed by atoms with van der Waals surface area (Å²) < 4.78 is 5.81. The van der Waals surface area contributed by atoms with Crippen molar-refractivity contribution in [1.29, 1.82) is 0 Å². The molecule has 2 saturated carbocycles. The van der Waals surface area contributed by atoms with E-state index in [0.29, 0.717) is 13.2 Å². The van der Waals surface area contributed by atoms with Crippen molar-refractivity contribution in [1.82, 2.24) is 4.90 Å². The van der Waals surface area contributed by atoms with E-state index in [-0.39, 0.29) is 5.91 Å². The highest BCUT2D eigenvalue weighted by Gasteiger charge is 2.31. The van der Waals surface area contributed by atoms with E-state index in [4.69, 9.17) is 4.74 Å². The van der Waals surface area contributed by atoms with Gasteiger partial charge in [-0.1, -0.05) is 88.4 Å². The van der Waals surface area contributed by atoms with Crippen LogP contribution in [0, 0.1) is 17.8 Å². The molecule has 0 aliphatic heterocycles. The van der Waals surface area contributed by atoms with Crippen LogP contribution in [0.3, 0.4) is 0 Å². The number of benzene rings is 2. The standard InChI is InChI=1S/C35H49NO2/c1-4-6-7-8-27-9-11-28(12-10-27)29-13-15-30(16-14-29)31-17-19-32(20-18-31)33-21-23-34(24-22-33)38-26-25-36(3)35(37)5-2/h5,17-24,27-30H,2,4,6-16,25-26H2,1,3H3. The van der Waals surface area contributed by atoms with E-state index >= 15 is 0 Å². The van der Waals surface area contributed by atoms with Crippen LogP contribution in [0.25, 0.3) is 11.1 Å². The van der Waals surface area contributed by atoms with E-state index < -0.39 is 0 Å². The molecule has 0 heterocycles. The normalized spacial score (nSPS) is 23.5. The monoisotopic (exact) mass is 515 g/mol. The zero-order valence-corrected chi connectivity index (χ0v) is 23.9. The Morgan fingerprint density at radius 1 is 0.868 bits per heavy atom. The lowest BCUT2D eigenvalue weighted by molar-refractivity contribution is -0.125. The molecule has 2 aromatic rings. The summed E-state index contributed by atoms with van der Waals surface area (Å²) in [5, 5.41) is 0. The Morgan fingerprint density at radius 3 is 2.03 bits per heavy atom. The van der Waals surface area contributed by atoms with Gasteiger partial charge in [0, 0.05) is 7.05 Å². The third-order valence-corrected chi connectivity index (χ3v) is 9.36. The molecule has 0 atom stereocenters. The fourth-order valence-electron chi connectivity index (χ4n) is 6.81. The van der Waals surface area contributed by atoms with Crippen molar-refractivity contribution >= 4 is 5.91 Å². The van der Waals surface area contributed by atoms with Gasteiger partial charge in [-0.3, -0.25) is 4.79 Å². The molecule has 2 fully saturated rings. The molecule has 0 unspecified atom stereocenters. The molecule has 3 nitrogen and oxygen atoms in total. The molecule has 2 aliphatic rings. The van der Waals surface area contributed by atoms with E-state index in [1.54, 1.807) is 11.9 Å². The minimum absolute atomic E-state index is 0.0872. The molecular weight excluding hydrogens is 466 g/mol. The van der Waals surface area contributed by atoms with Gasteiger partial charge in [-0.2, -0.15) is 0 Å². The van der Waals surface area contributed by atoms with Gasteiger partial charge in [0.25, 0.3) is 0 Å². The third kappa shape index (κ3) is 7.98. The van der Waals surface area contributed by atoms with Crippen molar-refractivity contribution in [3.05, 3.63) is 66.7 Å². The Labute approximate surface area is 231 Å². The number of amides is 1. The smallest absolute Gasteiger partial charge is 0.245 e. The molecule has 0 N–H and O–H groups in total. The van der Waals surface area contributed by atoms with Crippen LogP contribution in [0.15, 0.2) is 61.2 Å². The van der Waals surface area contributed by atoms with Gasteiger partial charge in [-0.25, -0.2) is 0 Å². The second-order valence-corrected chi connectivity index (χ2v) is 11.8.